The minimum Gasteiger partial charge on any atom is -0.496 e. The Morgan fingerprint density at radius 2 is 1.02 bits per heavy atom. The maximum Gasteiger partial charge on any atom is 0.388 e. The van der Waals surface area contributed by atoms with Crippen LogP contribution in [-0.4, -0.2) is 42.1 Å². The van der Waals surface area contributed by atoms with Gasteiger partial charge in [-0.05, 0) is 25.0 Å². The summed E-state index contributed by atoms with van der Waals surface area (Å²) < 4.78 is 26.1. The highest BCUT2D eigenvalue weighted by atomic mass is 16.8. The van der Waals surface area contributed by atoms with E-state index in [9.17, 15) is 0 Å². The van der Waals surface area contributed by atoms with E-state index in [2.05, 4.69) is 58.3 Å². The van der Waals surface area contributed by atoms with Crippen molar-refractivity contribution in [2.45, 2.75) is 56.9 Å². The molecule has 0 amide bonds. The molecule has 3 atom stereocenters. The molecule has 208 valence electrons. The Kier molecular flexibility index (Phi) is 5.76. The number of fused-ring (bicyclic) bond motifs is 5. The van der Waals surface area contributed by atoms with Crippen molar-refractivity contribution in [3.63, 3.8) is 0 Å². The molecule has 2 unspecified atom stereocenters. The van der Waals surface area contributed by atoms with Crippen molar-refractivity contribution < 1.29 is 18.9 Å². The first kappa shape index (κ1) is 24.8. The second-order valence-electron chi connectivity index (χ2n) is 11.4. The molecule has 2 fully saturated rings. The Labute approximate surface area is 241 Å². The van der Waals surface area contributed by atoms with Crippen molar-refractivity contribution in [2.75, 3.05) is 14.2 Å². The van der Waals surface area contributed by atoms with E-state index in [-0.39, 0.29) is 0 Å². The molecular formula is C35H34N2O4. The number of hydrogen-bond acceptors (Lipinski definition) is 6. The van der Waals surface area contributed by atoms with Crippen LogP contribution in [0, 0.1) is 0 Å². The molecule has 0 bridgehead atoms. The van der Waals surface area contributed by atoms with Crippen LogP contribution in [0.5, 0.6) is 23.0 Å². The quantitative estimate of drug-likeness (QED) is 0.273. The highest BCUT2D eigenvalue weighted by Crippen LogP contribution is 2.55. The molecule has 8 rings (SSSR count). The van der Waals surface area contributed by atoms with Crippen LogP contribution >= 0.6 is 0 Å². The van der Waals surface area contributed by atoms with E-state index in [1.165, 1.54) is 24.0 Å². The molecule has 1 saturated heterocycles. The van der Waals surface area contributed by atoms with Crippen molar-refractivity contribution in [3.05, 3.63) is 96.1 Å². The Balaban J connectivity index is 1.31. The second kappa shape index (κ2) is 9.54. The van der Waals surface area contributed by atoms with Crippen molar-refractivity contribution >= 4 is 0 Å². The molecule has 0 N–H and O–H groups in total. The third kappa shape index (κ3) is 3.63. The van der Waals surface area contributed by atoms with Gasteiger partial charge in [0, 0.05) is 58.6 Å². The molecule has 4 aromatic rings. The molecule has 3 heterocycles. The SMILES string of the molecule is COc1ccccc1-c1cccc2c1OC13Oc4c(cccc4-c4ccccc4OC)CN1[C@H]1CCCCC1N3C2. The van der Waals surface area contributed by atoms with E-state index in [0.29, 0.717) is 12.1 Å². The topological polar surface area (TPSA) is 43.4 Å². The Bertz CT molecular complexity index is 1510. The molecule has 1 spiro atoms. The minimum atomic E-state index is -1.03. The van der Waals surface area contributed by atoms with Gasteiger partial charge in [0.25, 0.3) is 0 Å². The number of rotatable bonds is 4. The molecular weight excluding hydrogens is 512 g/mol. The lowest BCUT2D eigenvalue weighted by molar-refractivity contribution is -0.307. The van der Waals surface area contributed by atoms with Crippen LogP contribution in [0.1, 0.15) is 36.8 Å². The van der Waals surface area contributed by atoms with Crippen LogP contribution in [0.15, 0.2) is 84.9 Å². The van der Waals surface area contributed by atoms with Crippen molar-refractivity contribution in [2.24, 2.45) is 0 Å². The first-order chi connectivity index (χ1) is 20.2. The van der Waals surface area contributed by atoms with Crippen LogP contribution in [0.2, 0.25) is 0 Å². The van der Waals surface area contributed by atoms with Crippen LogP contribution in [0.3, 0.4) is 0 Å². The fraction of sp³-hybridized carbons (Fsp3) is 0.314. The fourth-order valence-corrected chi connectivity index (χ4v) is 7.54. The maximum atomic E-state index is 7.27. The van der Waals surface area contributed by atoms with Gasteiger partial charge in [-0.1, -0.05) is 85.6 Å². The average Bonchev–Trinajstić information content (AvgIpc) is 3.30. The minimum absolute atomic E-state index is 0.371. The van der Waals surface area contributed by atoms with Gasteiger partial charge in [-0.15, -0.1) is 0 Å². The normalized spacial score (nSPS) is 24.5. The summed E-state index contributed by atoms with van der Waals surface area (Å²) >= 11 is 0. The molecule has 6 heteroatoms. The summed E-state index contributed by atoms with van der Waals surface area (Å²) in [5.41, 5.74) is 6.44. The first-order valence-corrected chi connectivity index (χ1v) is 14.6. The van der Waals surface area contributed by atoms with Gasteiger partial charge in [0.15, 0.2) is 0 Å². The Hall–Kier alpha value is -4.00. The lowest BCUT2D eigenvalue weighted by atomic mass is 9.89. The van der Waals surface area contributed by atoms with Crippen molar-refractivity contribution in [3.8, 4) is 45.3 Å². The molecule has 6 nitrogen and oxygen atoms in total. The molecule has 1 saturated carbocycles. The zero-order valence-corrected chi connectivity index (χ0v) is 23.5. The van der Waals surface area contributed by atoms with E-state index < -0.39 is 6.03 Å². The zero-order valence-electron chi connectivity index (χ0n) is 23.5. The summed E-state index contributed by atoms with van der Waals surface area (Å²) in [6.07, 6.45) is 4.75. The largest absolute Gasteiger partial charge is 0.496 e. The van der Waals surface area contributed by atoms with Gasteiger partial charge in [-0.3, -0.25) is 0 Å². The highest BCUT2D eigenvalue weighted by Gasteiger charge is 2.65. The van der Waals surface area contributed by atoms with Gasteiger partial charge >= 0.3 is 6.03 Å². The predicted octanol–water partition coefficient (Wildman–Crippen LogP) is 7.06. The second-order valence-corrected chi connectivity index (χ2v) is 11.4. The number of para-hydroxylation sites is 4. The van der Waals surface area contributed by atoms with Gasteiger partial charge in [0.2, 0.25) is 0 Å². The highest BCUT2D eigenvalue weighted by molar-refractivity contribution is 5.79. The van der Waals surface area contributed by atoms with Crippen molar-refractivity contribution in [1.82, 2.24) is 9.80 Å². The van der Waals surface area contributed by atoms with Crippen molar-refractivity contribution in [1.29, 1.82) is 0 Å². The standard InChI is InChI=1S/C35H34N2O4/c1-38-31-19-7-3-13-25(31)27-15-9-11-23-21-36-29-17-5-6-18-30(29)37-22-24-12-10-16-28(26-14-4-8-20-32(26)39-2)34(24)41-35(36,37)40-33(23)27/h3-4,7-16,19-20,29-30H,5-6,17-18,21-22H2,1-2H3/t29-,30?,35?/m0/s1. The molecule has 1 aliphatic carbocycles. The van der Waals surface area contributed by atoms with Crippen LogP contribution in [-0.2, 0) is 13.1 Å². The van der Waals surface area contributed by atoms with Crippen LogP contribution < -0.4 is 18.9 Å². The molecule has 0 radical (unpaired) electrons. The Morgan fingerprint density at radius 3 is 1.49 bits per heavy atom. The molecule has 4 aliphatic rings. The predicted molar refractivity (Wildman–Crippen MR) is 158 cm³/mol. The van der Waals surface area contributed by atoms with Gasteiger partial charge in [0.05, 0.1) is 14.2 Å². The summed E-state index contributed by atoms with van der Waals surface area (Å²) in [6.45, 7) is 1.53. The lowest BCUT2D eigenvalue weighted by Gasteiger charge is -2.49. The van der Waals surface area contributed by atoms with Gasteiger partial charge in [0.1, 0.15) is 23.0 Å². The maximum absolute atomic E-state index is 7.27. The van der Waals surface area contributed by atoms with Crippen LogP contribution in [0.4, 0.5) is 0 Å². The summed E-state index contributed by atoms with van der Waals surface area (Å²) in [5.74, 6) is 3.40. The number of benzene rings is 4. The van der Waals surface area contributed by atoms with E-state index in [1.807, 2.05) is 36.4 Å². The van der Waals surface area contributed by atoms with E-state index >= 15 is 0 Å². The monoisotopic (exact) mass is 546 g/mol. The van der Waals surface area contributed by atoms with Gasteiger partial charge < -0.3 is 18.9 Å². The third-order valence-electron chi connectivity index (χ3n) is 9.36. The van der Waals surface area contributed by atoms with E-state index in [0.717, 1.165) is 71.2 Å². The summed E-state index contributed by atoms with van der Waals surface area (Å²) in [7, 11) is 3.44. The van der Waals surface area contributed by atoms with Gasteiger partial charge in [-0.2, -0.15) is 0 Å². The molecule has 0 aromatic heterocycles. The van der Waals surface area contributed by atoms with Crippen LogP contribution in [0.25, 0.3) is 22.3 Å². The summed E-state index contributed by atoms with van der Waals surface area (Å²) in [6, 6.07) is 28.9. The molecule has 41 heavy (non-hydrogen) atoms. The number of nitrogens with zero attached hydrogens (tertiary/aromatic N) is 2. The number of methoxy groups -OCH3 is 2. The number of hydrogen-bond donors (Lipinski definition) is 0. The van der Waals surface area contributed by atoms with E-state index in [1.54, 1.807) is 14.2 Å². The average molecular weight is 547 g/mol. The third-order valence-corrected chi connectivity index (χ3v) is 9.36. The van der Waals surface area contributed by atoms with E-state index in [4.69, 9.17) is 18.9 Å². The first-order valence-electron chi connectivity index (χ1n) is 14.6. The Morgan fingerprint density at radius 1 is 0.585 bits per heavy atom. The molecule has 4 aromatic carbocycles. The lowest BCUT2D eigenvalue weighted by Crippen LogP contribution is -2.66. The smallest absolute Gasteiger partial charge is 0.388 e. The summed E-state index contributed by atoms with van der Waals surface area (Å²) in [4.78, 5) is 4.99. The summed E-state index contributed by atoms with van der Waals surface area (Å²) in [5, 5.41) is 0. The zero-order chi connectivity index (χ0) is 27.6. The number of ether oxygens (including phenoxy) is 4. The molecule has 3 aliphatic heterocycles. The fourth-order valence-electron chi connectivity index (χ4n) is 7.54. The van der Waals surface area contributed by atoms with Gasteiger partial charge in [-0.25, -0.2) is 9.80 Å².